The zero-order valence-corrected chi connectivity index (χ0v) is 12.2. The van der Waals surface area contributed by atoms with Crippen LogP contribution in [0.25, 0.3) is 0 Å². The van der Waals surface area contributed by atoms with E-state index < -0.39 is 0 Å². The van der Waals surface area contributed by atoms with Crippen LogP contribution in [0.1, 0.15) is 23.8 Å². The van der Waals surface area contributed by atoms with Crippen molar-refractivity contribution >= 4 is 0 Å². The molecular weight excluding hydrogens is 252 g/mol. The van der Waals surface area contributed by atoms with E-state index in [2.05, 4.69) is 46.6 Å². The molecule has 1 heterocycles. The third-order valence-corrected chi connectivity index (χ3v) is 2.94. The number of hydrogen-bond donors (Lipinski definition) is 1. The maximum Gasteiger partial charge on any atom is 0.230 e. The van der Waals surface area contributed by atoms with E-state index in [0.717, 1.165) is 19.5 Å². The summed E-state index contributed by atoms with van der Waals surface area (Å²) in [5.74, 6) is 1.32. The van der Waals surface area contributed by atoms with Gasteiger partial charge in [0.2, 0.25) is 11.8 Å². The van der Waals surface area contributed by atoms with Crippen molar-refractivity contribution in [1.82, 2.24) is 20.4 Å². The van der Waals surface area contributed by atoms with Gasteiger partial charge in [0.1, 0.15) is 0 Å². The minimum Gasteiger partial charge on any atom is -0.424 e. The first-order valence-electron chi connectivity index (χ1n) is 6.94. The number of benzene rings is 1. The number of nitrogens with zero attached hydrogens (tertiary/aromatic N) is 3. The van der Waals surface area contributed by atoms with Gasteiger partial charge < -0.3 is 14.6 Å². The van der Waals surface area contributed by atoms with E-state index in [4.69, 9.17) is 4.42 Å². The van der Waals surface area contributed by atoms with Crippen LogP contribution in [0.3, 0.4) is 0 Å². The second-order valence-corrected chi connectivity index (χ2v) is 5.09. The summed E-state index contributed by atoms with van der Waals surface area (Å²) in [5.41, 5.74) is 1.18. The molecule has 0 unspecified atom stereocenters. The lowest BCUT2D eigenvalue weighted by Crippen LogP contribution is -2.21. The summed E-state index contributed by atoms with van der Waals surface area (Å²) in [7, 11) is 4.15. The highest BCUT2D eigenvalue weighted by molar-refractivity contribution is 5.17. The zero-order chi connectivity index (χ0) is 14.2. The van der Waals surface area contributed by atoms with Crippen LogP contribution in [-0.2, 0) is 13.0 Å². The quantitative estimate of drug-likeness (QED) is 0.743. The topological polar surface area (TPSA) is 54.2 Å². The molecule has 0 atom stereocenters. The Kier molecular flexibility index (Phi) is 5.70. The van der Waals surface area contributed by atoms with Crippen molar-refractivity contribution in [3.05, 3.63) is 47.7 Å². The van der Waals surface area contributed by atoms with Gasteiger partial charge in [-0.2, -0.15) is 0 Å². The van der Waals surface area contributed by atoms with E-state index in [9.17, 15) is 0 Å². The van der Waals surface area contributed by atoms with E-state index in [1.165, 1.54) is 5.56 Å². The maximum absolute atomic E-state index is 5.62. The molecule has 0 bridgehead atoms. The van der Waals surface area contributed by atoms with E-state index in [-0.39, 0.29) is 0 Å². The van der Waals surface area contributed by atoms with E-state index in [1.54, 1.807) is 0 Å². The van der Waals surface area contributed by atoms with Crippen LogP contribution >= 0.6 is 0 Å². The fraction of sp³-hybridized carbons (Fsp3) is 0.467. The Morgan fingerprint density at radius 2 is 1.85 bits per heavy atom. The molecule has 0 aliphatic carbocycles. The molecule has 5 heteroatoms. The molecule has 2 rings (SSSR count). The lowest BCUT2D eigenvalue weighted by atomic mass is 10.2. The zero-order valence-electron chi connectivity index (χ0n) is 12.2. The van der Waals surface area contributed by atoms with Crippen LogP contribution in [0.2, 0.25) is 0 Å². The predicted molar refractivity (Wildman–Crippen MR) is 78.4 cm³/mol. The largest absolute Gasteiger partial charge is 0.424 e. The minimum absolute atomic E-state index is 0.634. The van der Waals surface area contributed by atoms with Gasteiger partial charge in [0.25, 0.3) is 0 Å². The van der Waals surface area contributed by atoms with E-state index >= 15 is 0 Å². The molecule has 0 spiro atoms. The Morgan fingerprint density at radius 1 is 1.10 bits per heavy atom. The number of aromatic nitrogens is 2. The second-order valence-electron chi connectivity index (χ2n) is 5.09. The standard InChI is InChI=1S/C15H22N4O/c1-19(2)10-6-9-16-12-15-18-17-14(20-15)11-13-7-4-3-5-8-13/h3-5,7-8,16H,6,9-12H2,1-2H3. The van der Waals surface area contributed by atoms with Gasteiger partial charge in [-0.1, -0.05) is 30.3 Å². The molecule has 0 saturated carbocycles. The molecule has 0 fully saturated rings. The fourth-order valence-corrected chi connectivity index (χ4v) is 1.92. The van der Waals surface area contributed by atoms with Gasteiger partial charge in [0.05, 0.1) is 13.0 Å². The van der Waals surface area contributed by atoms with Crippen molar-refractivity contribution in [3.8, 4) is 0 Å². The maximum atomic E-state index is 5.62. The number of rotatable bonds is 8. The minimum atomic E-state index is 0.634. The smallest absolute Gasteiger partial charge is 0.230 e. The van der Waals surface area contributed by atoms with Crippen LogP contribution in [0.15, 0.2) is 34.7 Å². The molecule has 1 N–H and O–H groups in total. The SMILES string of the molecule is CN(C)CCCNCc1nnc(Cc2ccccc2)o1. The highest BCUT2D eigenvalue weighted by atomic mass is 16.4. The molecule has 108 valence electrons. The highest BCUT2D eigenvalue weighted by Gasteiger charge is 2.06. The van der Waals surface area contributed by atoms with Crippen LogP contribution in [0.4, 0.5) is 0 Å². The van der Waals surface area contributed by atoms with Crippen LogP contribution in [-0.4, -0.2) is 42.3 Å². The van der Waals surface area contributed by atoms with Crippen molar-refractivity contribution in [2.75, 3.05) is 27.2 Å². The van der Waals surface area contributed by atoms with E-state index in [0.29, 0.717) is 24.7 Å². The van der Waals surface area contributed by atoms with Crippen molar-refractivity contribution in [2.45, 2.75) is 19.4 Å². The first-order valence-corrected chi connectivity index (χ1v) is 6.94. The van der Waals surface area contributed by atoms with Crippen LogP contribution < -0.4 is 5.32 Å². The van der Waals surface area contributed by atoms with Gasteiger partial charge in [-0.05, 0) is 39.2 Å². The number of hydrogen-bond acceptors (Lipinski definition) is 5. The van der Waals surface area contributed by atoms with Gasteiger partial charge >= 0.3 is 0 Å². The summed E-state index contributed by atoms with van der Waals surface area (Å²) in [6.45, 7) is 2.67. The summed E-state index contributed by atoms with van der Waals surface area (Å²) >= 11 is 0. The Balaban J connectivity index is 1.72. The fourth-order valence-electron chi connectivity index (χ4n) is 1.92. The van der Waals surface area contributed by atoms with Gasteiger partial charge in [-0.15, -0.1) is 10.2 Å². The summed E-state index contributed by atoms with van der Waals surface area (Å²) in [6, 6.07) is 10.1. The molecule has 0 aliphatic heterocycles. The molecule has 0 aliphatic rings. The second kappa shape index (κ2) is 7.77. The number of nitrogens with one attached hydrogen (secondary N) is 1. The average Bonchev–Trinajstić information content (AvgIpc) is 2.87. The van der Waals surface area contributed by atoms with Crippen molar-refractivity contribution < 1.29 is 4.42 Å². The summed E-state index contributed by atoms with van der Waals surface area (Å²) in [6.07, 6.45) is 1.80. The van der Waals surface area contributed by atoms with Crippen LogP contribution in [0, 0.1) is 0 Å². The Bertz CT molecular complexity index is 496. The molecule has 5 nitrogen and oxygen atoms in total. The summed E-state index contributed by atoms with van der Waals surface area (Å²) in [4.78, 5) is 2.17. The lowest BCUT2D eigenvalue weighted by Gasteiger charge is -2.08. The van der Waals surface area contributed by atoms with Crippen molar-refractivity contribution in [1.29, 1.82) is 0 Å². The molecule has 0 saturated heterocycles. The Labute approximate surface area is 120 Å². The normalized spacial score (nSPS) is 11.2. The van der Waals surface area contributed by atoms with Gasteiger partial charge in [-0.3, -0.25) is 0 Å². The van der Waals surface area contributed by atoms with E-state index in [1.807, 2.05) is 18.2 Å². The Hall–Kier alpha value is -1.72. The van der Waals surface area contributed by atoms with Gasteiger partial charge in [0.15, 0.2) is 0 Å². The molecule has 1 aromatic carbocycles. The third kappa shape index (κ3) is 5.11. The highest BCUT2D eigenvalue weighted by Crippen LogP contribution is 2.07. The van der Waals surface area contributed by atoms with Gasteiger partial charge in [0, 0.05) is 0 Å². The molecule has 20 heavy (non-hydrogen) atoms. The molecule has 1 aromatic heterocycles. The summed E-state index contributed by atoms with van der Waals surface area (Å²) in [5, 5.41) is 11.4. The monoisotopic (exact) mass is 274 g/mol. The molecule has 0 radical (unpaired) electrons. The van der Waals surface area contributed by atoms with Crippen LogP contribution in [0.5, 0.6) is 0 Å². The molecular formula is C15H22N4O. The lowest BCUT2D eigenvalue weighted by molar-refractivity contribution is 0.387. The van der Waals surface area contributed by atoms with Crippen molar-refractivity contribution in [3.63, 3.8) is 0 Å². The first-order chi connectivity index (χ1) is 9.74. The molecule has 2 aromatic rings. The van der Waals surface area contributed by atoms with Gasteiger partial charge in [-0.25, -0.2) is 0 Å². The predicted octanol–water partition coefficient (Wildman–Crippen LogP) is 1.70. The Morgan fingerprint density at radius 3 is 2.60 bits per heavy atom. The molecule has 0 amide bonds. The summed E-state index contributed by atoms with van der Waals surface area (Å²) < 4.78 is 5.62. The first kappa shape index (κ1) is 14.7. The average molecular weight is 274 g/mol. The van der Waals surface area contributed by atoms with Crippen molar-refractivity contribution in [2.24, 2.45) is 0 Å². The third-order valence-electron chi connectivity index (χ3n) is 2.94.